The van der Waals surface area contributed by atoms with E-state index in [1.807, 2.05) is 6.92 Å². The first kappa shape index (κ1) is 25.7. The van der Waals surface area contributed by atoms with E-state index < -0.39 is 0 Å². The number of amides is 1. The Balaban J connectivity index is 0. The number of thiol groups is 4. The highest BCUT2D eigenvalue weighted by Gasteiger charge is 2.08. The van der Waals surface area contributed by atoms with Crippen molar-refractivity contribution < 1.29 is 14.3 Å². The van der Waals surface area contributed by atoms with Crippen molar-refractivity contribution in [3.05, 3.63) is 0 Å². The molecule has 4 nitrogen and oxygen atoms in total. The first-order valence-electron chi connectivity index (χ1n) is 7.79. The SMILES string of the molecule is CC(=O)CC(S)CCS.CCCOCNC(=O)CC(S)CCS. The van der Waals surface area contributed by atoms with Gasteiger partial charge in [-0.3, -0.25) is 9.59 Å². The van der Waals surface area contributed by atoms with E-state index in [1.165, 1.54) is 0 Å². The van der Waals surface area contributed by atoms with E-state index >= 15 is 0 Å². The van der Waals surface area contributed by atoms with Crippen LogP contribution >= 0.6 is 50.5 Å². The third-order valence-electron chi connectivity index (χ3n) is 2.59. The van der Waals surface area contributed by atoms with Crippen LogP contribution < -0.4 is 5.32 Å². The highest BCUT2D eigenvalue weighted by Crippen LogP contribution is 2.07. The van der Waals surface area contributed by atoms with Gasteiger partial charge in [-0.05, 0) is 37.7 Å². The Morgan fingerprint density at radius 1 is 1.04 bits per heavy atom. The van der Waals surface area contributed by atoms with Crippen molar-refractivity contribution in [1.29, 1.82) is 0 Å². The van der Waals surface area contributed by atoms with Gasteiger partial charge in [-0.25, -0.2) is 0 Å². The van der Waals surface area contributed by atoms with Crippen molar-refractivity contribution in [3.8, 4) is 0 Å². The number of ether oxygens (including phenoxy) is 1. The molecule has 1 N–H and O–H groups in total. The normalized spacial score (nSPS) is 12.8. The summed E-state index contributed by atoms with van der Waals surface area (Å²) in [6.45, 7) is 4.59. The van der Waals surface area contributed by atoms with Crippen LogP contribution in [0.3, 0.4) is 0 Å². The number of nitrogens with one attached hydrogen (secondary N) is 1. The van der Waals surface area contributed by atoms with Gasteiger partial charge in [0.2, 0.25) is 5.91 Å². The van der Waals surface area contributed by atoms with Crippen LogP contribution in [0.5, 0.6) is 0 Å². The van der Waals surface area contributed by atoms with Crippen molar-refractivity contribution in [2.75, 3.05) is 24.8 Å². The van der Waals surface area contributed by atoms with Crippen LogP contribution in [0, 0.1) is 0 Å². The first-order chi connectivity index (χ1) is 10.9. The smallest absolute Gasteiger partial charge is 0.222 e. The molecule has 8 heteroatoms. The Kier molecular flexibility index (Phi) is 21.1. The quantitative estimate of drug-likeness (QED) is 0.198. The molecule has 0 heterocycles. The monoisotopic (exact) mass is 401 g/mol. The molecule has 2 atom stereocenters. The summed E-state index contributed by atoms with van der Waals surface area (Å²) >= 11 is 16.5. The third-order valence-corrected chi connectivity index (χ3v) is 3.99. The van der Waals surface area contributed by atoms with E-state index in [-0.39, 0.29) is 22.2 Å². The van der Waals surface area contributed by atoms with Gasteiger partial charge in [-0.2, -0.15) is 50.5 Å². The number of rotatable bonds is 12. The standard InChI is InChI=1S/C9H19NO2S2.C6H12OS2/c1-2-4-12-7-10-9(11)6-8(14)3-5-13;1-5(7)4-6(9)2-3-8/h8,13-14H,2-7H2,1H3,(H,10,11);6,8-9H,2-4H2,1H3. The van der Waals surface area contributed by atoms with E-state index in [2.05, 4.69) is 55.8 Å². The van der Waals surface area contributed by atoms with E-state index in [0.29, 0.717) is 26.2 Å². The van der Waals surface area contributed by atoms with Gasteiger partial charge in [0.05, 0.1) is 0 Å². The number of carbonyl (C=O) groups is 2. The predicted octanol–water partition coefficient (Wildman–Crippen LogP) is 3.08. The largest absolute Gasteiger partial charge is 0.361 e. The summed E-state index contributed by atoms with van der Waals surface area (Å²) in [5.74, 6) is 1.76. The van der Waals surface area contributed by atoms with E-state index in [0.717, 1.165) is 30.8 Å². The number of carbonyl (C=O) groups excluding carboxylic acids is 2. The molecule has 0 aromatic carbocycles. The lowest BCUT2D eigenvalue weighted by Gasteiger charge is -2.09. The molecular weight excluding hydrogens is 370 g/mol. The first-order valence-corrected chi connectivity index (χ1v) is 10.1. The van der Waals surface area contributed by atoms with Crippen LogP contribution in [0.2, 0.25) is 0 Å². The van der Waals surface area contributed by atoms with Crippen LogP contribution in [0.4, 0.5) is 0 Å². The number of Topliss-reactive ketones (excluding diaryl/α,β-unsaturated/α-hetero) is 1. The fourth-order valence-electron chi connectivity index (χ4n) is 1.47. The molecule has 23 heavy (non-hydrogen) atoms. The molecule has 0 aromatic heterocycles. The molecule has 138 valence electrons. The Morgan fingerprint density at radius 2 is 1.57 bits per heavy atom. The van der Waals surface area contributed by atoms with Crippen LogP contribution in [0.1, 0.15) is 46.0 Å². The Morgan fingerprint density at radius 3 is 2.00 bits per heavy atom. The molecule has 0 bridgehead atoms. The maximum atomic E-state index is 11.2. The van der Waals surface area contributed by atoms with Crippen LogP contribution in [-0.4, -0.2) is 47.0 Å². The molecular formula is C15H31NO3S4. The van der Waals surface area contributed by atoms with Gasteiger partial charge < -0.3 is 10.1 Å². The van der Waals surface area contributed by atoms with Gasteiger partial charge in [-0.15, -0.1) is 0 Å². The van der Waals surface area contributed by atoms with Crippen molar-refractivity contribution in [2.24, 2.45) is 0 Å². The summed E-state index contributed by atoms with van der Waals surface area (Å²) in [6, 6.07) is 0. The molecule has 0 radical (unpaired) electrons. The molecule has 0 saturated heterocycles. The van der Waals surface area contributed by atoms with Crippen LogP contribution in [0.15, 0.2) is 0 Å². The van der Waals surface area contributed by atoms with Gasteiger partial charge in [0.1, 0.15) is 12.5 Å². The fraction of sp³-hybridized carbons (Fsp3) is 0.867. The fourth-order valence-corrected chi connectivity index (χ4v) is 3.18. The minimum absolute atomic E-state index is 0.0112. The van der Waals surface area contributed by atoms with Gasteiger partial charge in [0, 0.05) is 29.9 Å². The van der Waals surface area contributed by atoms with E-state index in [4.69, 9.17) is 4.74 Å². The van der Waals surface area contributed by atoms with E-state index in [9.17, 15) is 9.59 Å². The minimum atomic E-state index is -0.0112. The second-order valence-corrected chi connectivity index (χ2v) is 7.45. The van der Waals surface area contributed by atoms with Crippen molar-refractivity contribution in [1.82, 2.24) is 5.32 Å². The number of hydrogen-bond acceptors (Lipinski definition) is 7. The lowest BCUT2D eigenvalue weighted by Crippen LogP contribution is -2.28. The van der Waals surface area contributed by atoms with Gasteiger partial charge in [0.15, 0.2) is 0 Å². The molecule has 1 amide bonds. The Labute approximate surface area is 162 Å². The lowest BCUT2D eigenvalue weighted by atomic mass is 10.2. The maximum Gasteiger partial charge on any atom is 0.222 e. The average Bonchev–Trinajstić information content (AvgIpc) is 2.44. The highest BCUT2D eigenvalue weighted by molar-refractivity contribution is 7.81. The lowest BCUT2D eigenvalue weighted by molar-refractivity contribution is -0.122. The molecule has 2 unspecified atom stereocenters. The molecule has 0 aliphatic carbocycles. The number of hydrogen-bond donors (Lipinski definition) is 5. The van der Waals surface area contributed by atoms with Crippen molar-refractivity contribution in [2.45, 2.75) is 56.5 Å². The maximum absolute atomic E-state index is 11.2. The zero-order chi connectivity index (χ0) is 18.1. The molecule has 0 spiro atoms. The van der Waals surface area contributed by atoms with E-state index in [1.54, 1.807) is 6.92 Å². The highest BCUT2D eigenvalue weighted by atomic mass is 32.1. The van der Waals surface area contributed by atoms with Gasteiger partial charge >= 0.3 is 0 Å². The second kappa shape index (κ2) is 18.8. The van der Waals surface area contributed by atoms with Crippen molar-refractivity contribution >= 4 is 62.2 Å². The zero-order valence-corrected chi connectivity index (χ0v) is 17.6. The Hall–Kier alpha value is 0.500. The summed E-state index contributed by atoms with van der Waals surface area (Å²) in [5.41, 5.74) is 0. The molecule has 0 aliphatic rings. The summed E-state index contributed by atoms with van der Waals surface area (Å²) < 4.78 is 5.12. The predicted molar refractivity (Wildman–Crippen MR) is 112 cm³/mol. The average molecular weight is 402 g/mol. The van der Waals surface area contributed by atoms with Crippen LogP contribution in [0.25, 0.3) is 0 Å². The summed E-state index contributed by atoms with van der Waals surface area (Å²) in [7, 11) is 0. The molecule has 0 rings (SSSR count). The zero-order valence-electron chi connectivity index (χ0n) is 14.0. The summed E-state index contributed by atoms with van der Waals surface area (Å²) in [5, 5.41) is 2.98. The van der Waals surface area contributed by atoms with Gasteiger partial charge in [-0.1, -0.05) is 6.92 Å². The Bertz CT molecular complexity index is 306. The minimum Gasteiger partial charge on any atom is -0.361 e. The number of ketones is 1. The molecule has 0 aromatic rings. The summed E-state index contributed by atoms with van der Waals surface area (Å²) in [6.07, 6.45) is 3.72. The topological polar surface area (TPSA) is 55.4 Å². The van der Waals surface area contributed by atoms with Crippen LogP contribution in [-0.2, 0) is 14.3 Å². The molecule has 0 fully saturated rings. The third kappa shape index (κ3) is 22.5. The molecule has 0 saturated carbocycles. The summed E-state index contributed by atoms with van der Waals surface area (Å²) in [4.78, 5) is 21.7. The van der Waals surface area contributed by atoms with Crippen molar-refractivity contribution in [3.63, 3.8) is 0 Å². The van der Waals surface area contributed by atoms with Gasteiger partial charge in [0.25, 0.3) is 0 Å². The molecule has 0 aliphatic heterocycles. The second-order valence-electron chi connectivity index (χ2n) is 5.10.